The fraction of sp³-hybridized carbons (Fsp3) is 0.167. The Morgan fingerprint density at radius 1 is 1.24 bits per heavy atom. The van der Waals surface area contributed by atoms with Crippen LogP contribution in [0.25, 0.3) is 0 Å². The van der Waals surface area contributed by atoms with Gasteiger partial charge in [-0.25, -0.2) is 9.97 Å². The molecule has 2 aromatic rings. The van der Waals surface area contributed by atoms with Gasteiger partial charge in [0.2, 0.25) is 0 Å². The third-order valence-electron chi connectivity index (χ3n) is 2.14. The summed E-state index contributed by atoms with van der Waals surface area (Å²) >= 11 is 5.71. The Labute approximate surface area is 105 Å². The fourth-order valence-electron chi connectivity index (χ4n) is 1.39. The molecule has 1 N–H and O–H groups in total. The number of hydrogen-bond acceptors (Lipinski definition) is 4. The molecule has 0 aliphatic heterocycles. The molecule has 1 aromatic heterocycles. The third kappa shape index (κ3) is 3.15. The average Bonchev–Trinajstić information content (AvgIpc) is 2.35. The van der Waals surface area contributed by atoms with E-state index in [1.807, 2.05) is 31.3 Å². The van der Waals surface area contributed by atoms with E-state index in [0.717, 1.165) is 17.9 Å². The first-order chi connectivity index (χ1) is 8.29. The molecule has 88 valence electrons. The van der Waals surface area contributed by atoms with Gasteiger partial charge < -0.3 is 10.1 Å². The lowest BCUT2D eigenvalue weighted by molar-refractivity contribution is 0.435. The van der Waals surface area contributed by atoms with Crippen LogP contribution in [0.3, 0.4) is 0 Å². The van der Waals surface area contributed by atoms with Crippen LogP contribution in [0.2, 0.25) is 5.02 Å². The minimum absolute atomic E-state index is 0.290. The zero-order valence-electron chi connectivity index (χ0n) is 9.35. The van der Waals surface area contributed by atoms with Gasteiger partial charge in [0.15, 0.2) is 0 Å². The molecule has 0 spiro atoms. The quantitative estimate of drug-likeness (QED) is 0.905. The van der Waals surface area contributed by atoms with Crippen LogP contribution in [0.15, 0.2) is 36.7 Å². The van der Waals surface area contributed by atoms with Gasteiger partial charge in [-0.2, -0.15) is 0 Å². The Kier molecular flexibility index (Phi) is 3.90. The predicted molar refractivity (Wildman–Crippen MR) is 66.3 cm³/mol. The second kappa shape index (κ2) is 5.61. The Morgan fingerprint density at radius 2 is 1.94 bits per heavy atom. The number of ether oxygens (including phenoxy) is 1. The lowest BCUT2D eigenvalue weighted by atomic mass is 10.2. The van der Waals surface area contributed by atoms with E-state index in [0.29, 0.717) is 5.02 Å². The summed E-state index contributed by atoms with van der Waals surface area (Å²) in [7, 11) is 1.88. The van der Waals surface area contributed by atoms with Crippen LogP contribution >= 0.6 is 11.6 Å². The standard InChI is InChI=1S/C12H12ClN3O/c1-14-6-9-4-2-3-5-11(9)17-12-15-7-10(13)8-16-12/h2-5,7-8,14H,6H2,1H3. The number of halogens is 1. The molecule has 0 amide bonds. The van der Waals surface area contributed by atoms with Crippen molar-refractivity contribution in [2.24, 2.45) is 0 Å². The van der Waals surface area contributed by atoms with Crippen molar-refractivity contribution in [3.8, 4) is 11.8 Å². The Bertz CT molecular complexity index is 487. The zero-order chi connectivity index (χ0) is 12.1. The maximum Gasteiger partial charge on any atom is 0.321 e. The van der Waals surface area contributed by atoms with Crippen molar-refractivity contribution in [1.82, 2.24) is 15.3 Å². The summed E-state index contributed by atoms with van der Waals surface area (Å²) < 4.78 is 5.60. The SMILES string of the molecule is CNCc1ccccc1Oc1ncc(Cl)cn1. The van der Waals surface area contributed by atoms with E-state index < -0.39 is 0 Å². The third-order valence-corrected chi connectivity index (χ3v) is 2.33. The van der Waals surface area contributed by atoms with Gasteiger partial charge in [-0.3, -0.25) is 0 Å². The minimum atomic E-state index is 0.290. The van der Waals surface area contributed by atoms with Gasteiger partial charge in [-0.05, 0) is 13.1 Å². The van der Waals surface area contributed by atoms with Gasteiger partial charge in [-0.1, -0.05) is 29.8 Å². The van der Waals surface area contributed by atoms with Crippen LogP contribution in [0.5, 0.6) is 11.8 Å². The summed E-state index contributed by atoms with van der Waals surface area (Å²) in [6.07, 6.45) is 3.01. The Morgan fingerprint density at radius 3 is 2.65 bits per heavy atom. The van der Waals surface area contributed by atoms with Crippen molar-refractivity contribution in [1.29, 1.82) is 0 Å². The Hall–Kier alpha value is -1.65. The van der Waals surface area contributed by atoms with Gasteiger partial charge in [0, 0.05) is 12.1 Å². The van der Waals surface area contributed by atoms with Crippen LogP contribution in [0.1, 0.15) is 5.56 Å². The van der Waals surface area contributed by atoms with Gasteiger partial charge in [0.1, 0.15) is 5.75 Å². The van der Waals surface area contributed by atoms with E-state index in [9.17, 15) is 0 Å². The molecule has 1 heterocycles. The van der Waals surface area contributed by atoms with E-state index in [1.165, 1.54) is 12.4 Å². The van der Waals surface area contributed by atoms with Crippen molar-refractivity contribution in [3.05, 3.63) is 47.2 Å². The number of nitrogens with zero attached hydrogens (tertiary/aromatic N) is 2. The molecule has 0 fully saturated rings. The molecule has 0 aliphatic rings. The molecule has 0 aliphatic carbocycles. The van der Waals surface area contributed by atoms with Gasteiger partial charge in [0.05, 0.1) is 17.4 Å². The van der Waals surface area contributed by atoms with Gasteiger partial charge in [-0.15, -0.1) is 0 Å². The number of benzene rings is 1. The maximum atomic E-state index is 5.71. The molecule has 0 bridgehead atoms. The molecule has 0 unspecified atom stereocenters. The monoisotopic (exact) mass is 249 g/mol. The second-order valence-corrected chi connectivity index (χ2v) is 3.86. The van der Waals surface area contributed by atoms with Gasteiger partial charge >= 0.3 is 6.01 Å². The molecule has 2 rings (SSSR count). The van der Waals surface area contributed by atoms with E-state index >= 15 is 0 Å². The first-order valence-electron chi connectivity index (χ1n) is 5.17. The Balaban J connectivity index is 2.20. The molecule has 17 heavy (non-hydrogen) atoms. The molecular formula is C12H12ClN3O. The second-order valence-electron chi connectivity index (χ2n) is 3.42. The van der Waals surface area contributed by atoms with E-state index in [1.54, 1.807) is 0 Å². The van der Waals surface area contributed by atoms with Crippen LogP contribution in [-0.4, -0.2) is 17.0 Å². The van der Waals surface area contributed by atoms with Crippen molar-refractivity contribution >= 4 is 11.6 Å². The summed E-state index contributed by atoms with van der Waals surface area (Å²) in [4.78, 5) is 7.98. The first kappa shape index (κ1) is 11.8. The van der Waals surface area contributed by atoms with Crippen LogP contribution in [0, 0.1) is 0 Å². The number of aromatic nitrogens is 2. The van der Waals surface area contributed by atoms with E-state index in [2.05, 4.69) is 15.3 Å². The van der Waals surface area contributed by atoms with E-state index in [4.69, 9.17) is 16.3 Å². The number of nitrogens with one attached hydrogen (secondary N) is 1. The average molecular weight is 250 g/mol. The van der Waals surface area contributed by atoms with Crippen LogP contribution in [-0.2, 0) is 6.54 Å². The van der Waals surface area contributed by atoms with Gasteiger partial charge in [0.25, 0.3) is 0 Å². The van der Waals surface area contributed by atoms with E-state index in [-0.39, 0.29) is 6.01 Å². The molecule has 4 nitrogen and oxygen atoms in total. The van der Waals surface area contributed by atoms with Crippen LogP contribution in [0.4, 0.5) is 0 Å². The molecule has 5 heteroatoms. The molecule has 1 aromatic carbocycles. The highest BCUT2D eigenvalue weighted by atomic mass is 35.5. The molecular weight excluding hydrogens is 238 g/mol. The normalized spacial score (nSPS) is 10.2. The largest absolute Gasteiger partial charge is 0.424 e. The van der Waals surface area contributed by atoms with Crippen molar-refractivity contribution < 1.29 is 4.74 Å². The summed E-state index contributed by atoms with van der Waals surface area (Å²) in [5.41, 5.74) is 1.05. The number of rotatable bonds is 4. The van der Waals surface area contributed by atoms with Crippen molar-refractivity contribution in [2.45, 2.75) is 6.54 Å². The number of para-hydroxylation sites is 1. The zero-order valence-corrected chi connectivity index (χ0v) is 10.1. The lowest BCUT2D eigenvalue weighted by Gasteiger charge is -2.08. The maximum absolute atomic E-state index is 5.71. The summed E-state index contributed by atoms with van der Waals surface area (Å²) in [5.74, 6) is 0.740. The molecule has 0 atom stereocenters. The lowest BCUT2D eigenvalue weighted by Crippen LogP contribution is -2.06. The topological polar surface area (TPSA) is 47.0 Å². The summed E-state index contributed by atoms with van der Waals surface area (Å²) in [6, 6.07) is 8.02. The summed E-state index contributed by atoms with van der Waals surface area (Å²) in [5, 5.41) is 3.56. The first-order valence-corrected chi connectivity index (χ1v) is 5.55. The minimum Gasteiger partial charge on any atom is -0.424 e. The predicted octanol–water partition coefficient (Wildman–Crippen LogP) is 2.64. The van der Waals surface area contributed by atoms with Crippen molar-refractivity contribution in [2.75, 3.05) is 7.05 Å². The van der Waals surface area contributed by atoms with Crippen LogP contribution < -0.4 is 10.1 Å². The highest BCUT2D eigenvalue weighted by molar-refractivity contribution is 6.30. The smallest absolute Gasteiger partial charge is 0.321 e. The molecule has 0 radical (unpaired) electrons. The fourth-order valence-corrected chi connectivity index (χ4v) is 1.49. The number of hydrogen-bond donors (Lipinski definition) is 1. The van der Waals surface area contributed by atoms with Crippen molar-refractivity contribution in [3.63, 3.8) is 0 Å². The highest BCUT2D eigenvalue weighted by Gasteiger charge is 2.05. The highest BCUT2D eigenvalue weighted by Crippen LogP contribution is 2.22. The summed E-state index contributed by atoms with van der Waals surface area (Å²) in [6.45, 7) is 0.726. The molecule has 0 saturated carbocycles. The molecule has 0 saturated heterocycles.